The van der Waals surface area contributed by atoms with Crippen LogP contribution in [0.25, 0.3) is 44.0 Å². The number of phenols is 1. The maximum Gasteiger partial charge on any atom is 0.409 e. The second kappa shape index (κ2) is 20.8. The van der Waals surface area contributed by atoms with Gasteiger partial charge in [0, 0.05) is 64.0 Å². The van der Waals surface area contributed by atoms with Crippen LogP contribution in [0.1, 0.15) is 114 Å². The van der Waals surface area contributed by atoms with Crippen molar-refractivity contribution in [2.75, 3.05) is 70.5 Å². The molecule has 3 amide bonds. The number of halogens is 1. The smallest absolute Gasteiger partial charge is 0.409 e. The molecule has 0 aliphatic carbocycles. The molecule has 412 valence electrons. The Balaban J connectivity index is 0.659. The fraction of sp³-hybridized carbons (Fsp3) is 0.542. The molecule has 3 aromatic heterocycles. The number of hydrogen-bond acceptors (Lipinski definition) is 14. The number of nitrogens with zero attached hydrogens (tertiary/aromatic N) is 9. The Morgan fingerprint density at radius 1 is 0.910 bits per heavy atom. The summed E-state index contributed by atoms with van der Waals surface area (Å²) in [5, 5.41) is 26.4. The van der Waals surface area contributed by atoms with Crippen LogP contribution in [0.5, 0.6) is 11.8 Å². The SMILES string of the molecule is CCc1cccc2cc(O)cc(-c3ncc4c(N5CCC[C@@](C)(O)C5)nc(OC[C@@]56CCCN5[C@H](COC(=O)N5CCC(CN7CCC(c8ccc9c(c8)n(C)c(=O)n9C8CCC(=O)NC8=O)CC7)CC5)CC6)nc4c3F)c12. The quantitative estimate of drug-likeness (QED) is 0.103. The van der Waals surface area contributed by atoms with E-state index in [9.17, 15) is 29.4 Å². The molecule has 9 heterocycles. The van der Waals surface area contributed by atoms with E-state index in [2.05, 4.69) is 32.2 Å². The summed E-state index contributed by atoms with van der Waals surface area (Å²) >= 11 is 0. The minimum absolute atomic E-state index is 0.00900. The van der Waals surface area contributed by atoms with Crippen LogP contribution in [-0.4, -0.2) is 150 Å². The molecule has 19 heteroatoms. The van der Waals surface area contributed by atoms with Crippen LogP contribution in [-0.2, 0) is 27.8 Å². The van der Waals surface area contributed by atoms with Crippen LogP contribution in [0, 0.1) is 11.7 Å². The van der Waals surface area contributed by atoms with Crippen molar-refractivity contribution in [1.82, 2.24) is 44.1 Å². The number of fused-ring (bicyclic) bond motifs is 4. The molecule has 78 heavy (non-hydrogen) atoms. The third kappa shape index (κ3) is 9.73. The molecule has 0 spiro atoms. The van der Waals surface area contributed by atoms with Gasteiger partial charge in [0.1, 0.15) is 42.0 Å². The number of anilines is 1. The number of aliphatic hydroxyl groups is 1. The largest absolute Gasteiger partial charge is 0.508 e. The standard InChI is InChI=1S/C59H71FN10O8/c1-4-37-8-5-9-40-28-42(71)30-43(49(37)40)51-50(60)52-44(31-61-51)53(68-22-6-19-58(2,76)34-68)64-55(63-52)78-35-59-20-7-23-69(59)41(14-21-59)33-77-57(75)67-26-15-36(16-27-67)32-66-24-17-38(18-25-66)39-10-11-45-47(29-39)65(3)56(74)70(45)46-12-13-48(72)62-54(46)73/h5,8-11,28-31,36,38,41,46,71,76H,4,6-7,12-27,32-35H2,1-3H3,(H,62,72,73)/t41-,46?,58+,59-/m0/s1. The lowest BCUT2D eigenvalue weighted by Gasteiger charge is -2.38. The Labute approximate surface area is 452 Å². The average Bonchev–Trinajstić information content (AvgIpc) is 4.21. The van der Waals surface area contributed by atoms with Gasteiger partial charge in [0.25, 0.3) is 0 Å². The first-order valence-corrected chi connectivity index (χ1v) is 28.3. The van der Waals surface area contributed by atoms with Crippen molar-refractivity contribution >= 4 is 56.4 Å². The number of phenolic OH excluding ortho intramolecular Hbond substituents is 1. The van der Waals surface area contributed by atoms with Crippen LogP contribution in [0.4, 0.5) is 15.0 Å². The third-order valence-corrected chi connectivity index (χ3v) is 18.3. The number of ether oxygens (including phenoxy) is 2. The maximum atomic E-state index is 17.3. The first-order valence-electron chi connectivity index (χ1n) is 28.3. The minimum atomic E-state index is -0.966. The lowest BCUT2D eigenvalue weighted by molar-refractivity contribution is -0.135. The van der Waals surface area contributed by atoms with Gasteiger partial charge in [-0.2, -0.15) is 9.97 Å². The number of carbonyl (C=O) groups is 3. The summed E-state index contributed by atoms with van der Waals surface area (Å²) in [6, 6.07) is 14.6. The molecule has 4 atom stereocenters. The number of amides is 3. The zero-order chi connectivity index (χ0) is 54.0. The van der Waals surface area contributed by atoms with Gasteiger partial charge in [-0.25, -0.2) is 14.0 Å². The lowest BCUT2D eigenvalue weighted by Crippen LogP contribution is -2.49. The second-order valence-corrected chi connectivity index (χ2v) is 23.4. The molecule has 6 fully saturated rings. The number of β-amino-alcohol motifs (C(OH)–C–C–N with tert-alkyl or cyclic N) is 1. The highest BCUT2D eigenvalue weighted by Gasteiger charge is 2.50. The van der Waals surface area contributed by atoms with Gasteiger partial charge >= 0.3 is 17.8 Å². The first-order chi connectivity index (χ1) is 37.7. The highest BCUT2D eigenvalue weighted by Crippen LogP contribution is 2.44. The minimum Gasteiger partial charge on any atom is -0.508 e. The number of piperidine rings is 4. The van der Waals surface area contributed by atoms with Crippen LogP contribution in [0.2, 0.25) is 0 Å². The number of aromatic hydroxyl groups is 1. The number of likely N-dealkylation sites (tertiary alicyclic amines) is 2. The van der Waals surface area contributed by atoms with Gasteiger partial charge in [0.05, 0.1) is 27.6 Å². The summed E-state index contributed by atoms with van der Waals surface area (Å²) in [7, 11) is 1.74. The Morgan fingerprint density at radius 2 is 1.72 bits per heavy atom. The van der Waals surface area contributed by atoms with Crippen molar-refractivity contribution in [3.05, 3.63) is 82.2 Å². The molecule has 3 aromatic carbocycles. The lowest BCUT2D eigenvalue weighted by atomic mass is 9.88. The van der Waals surface area contributed by atoms with Gasteiger partial charge in [0.2, 0.25) is 11.8 Å². The Kier molecular flexibility index (Phi) is 13.9. The Hall–Kier alpha value is -6.70. The number of rotatable bonds is 12. The summed E-state index contributed by atoms with van der Waals surface area (Å²) in [6.45, 7) is 10.4. The molecule has 12 rings (SSSR count). The van der Waals surface area contributed by atoms with Gasteiger partial charge in [0.15, 0.2) is 5.82 Å². The molecular weight excluding hydrogens is 996 g/mol. The van der Waals surface area contributed by atoms with E-state index >= 15 is 4.39 Å². The number of imide groups is 1. The van der Waals surface area contributed by atoms with Crippen LogP contribution >= 0.6 is 0 Å². The van der Waals surface area contributed by atoms with E-state index in [4.69, 9.17) is 19.4 Å². The van der Waals surface area contributed by atoms with E-state index in [1.165, 1.54) is 10.1 Å². The molecule has 6 saturated heterocycles. The molecule has 6 aliphatic heterocycles. The van der Waals surface area contributed by atoms with Crippen molar-refractivity contribution in [1.29, 1.82) is 0 Å². The predicted octanol–water partition coefficient (Wildman–Crippen LogP) is 7.34. The molecule has 0 bridgehead atoms. The third-order valence-electron chi connectivity index (χ3n) is 18.3. The highest BCUT2D eigenvalue weighted by molar-refractivity contribution is 6.02. The van der Waals surface area contributed by atoms with Crippen LogP contribution in [0.15, 0.2) is 59.5 Å². The molecule has 6 aromatic rings. The zero-order valence-electron chi connectivity index (χ0n) is 45.0. The topological polar surface area (TPSA) is 201 Å². The summed E-state index contributed by atoms with van der Waals surface area (Å²) in [6.07, 6.45) is 11.3. The first kappa shape index (κ1) is 52.0. The molecule has 6 aliphatic rings. The predicted molar refractivity (Wildman–Crippen MR) is 293 cm³/mol. The number of nitrogens with one attached hydrogen (secondary N) is 1. The number of aryl methyl sites for hydroxylation is 2. The average molecular weight is 1070 g/mol. The van der Waals surface area contributed by atoms with Gasteiger partial charge in [-0.05, 0) is 162 Å². The zero-order valence-corrected chi connectivity index (χ0v) is 45.0. The van der Waals surface area contributed by atoms with Crippen LogP contribution < -0.4 is 20.6 Å². The van der Waals surface area contributed by atoms with E-state index in [1.54, 1.807) is 36.9 Å². The van der Waals surface area contributed by atoms with Gasteiger partial charge in [-0.15, -0.1) is 0 Å². The Morgan fingerprint density at radius 3 is 2.50 bits per heavy atom. The summed E-state index contributed by atoms with van der Waals surface area (Å²) < 4.78 is 33.1. The molecule has 3 N–H and O–H groups in total. The highest BCUT2D eigenvalue weighted by atomic mass is 19.1. The van der Waals surface area contributed by atoms with Gasteiger partial charge in [-0.1, -0.05) is 31.2 Å². The number of aromatic nitrogens is 5. The van der Waals surface area contributed by atoms with E-state index in [-0.39, 0.29) is 65.3 Å². The van der Waals surface area contributed by atoms with E-state index in [0.29, 0.717) is 86.2 Å². The fourth-order valence-corrected chi connectivity index (χ4v) is 14.1. The summed E-state index contributed by atoms with van der Waals surface area (Å²) in [5.41, 5.74) is 2.76. The van der Waals surface area contributed by atoms with Gasteiger partial charge < -0.3 is 34.4 Å². The number of imidazole rings is 1. The van der Waals surface area contributed by atoms with Crippen molar-refractivity contribution in [2.24, 2.45) is 13.0 Å². The van der Waals surface area contributed by atoms with Crippen LogP contribution in [0.3, 0.4) is 0 Å². The fourth-order valence-electron chi connectivity index (χ4n) is 14.1. The number of carbonyl (C=O) groups excluding carboxylic acids is 3. The van der Waals surface area contributed by atoms with E-state index < -0.39 is 23.4 Å². The van der Waals surface area contributed by atoms with E-state index in [0.717, 1.165) is 106 Å². The molecule has 1 unspecified atom stereocenters. The summed E-state index contributed by atoms with van der Waals surface area (Å²) in [4.78, 5) is 74.6. The summed E-state index contributed by atoms with van der Waals surface area (Å²) in [5.74, 6) is -0.0664. The molecule has 0 radical (unpaired) electrons. The molecule has 0 saturated carbocycles. The number of hydrogen-bond donors (Lipinski definition) is 3. The molecular formula is C59H71FN10O8. The van der Waals surface area contributed by atoms with Crippen molar-refractivity contribution in [3.63, 3.8) is 0 Å². The number of benzene rings is 3. The molecule has 18 nitrogen and oxygen atoms in total. The maximum absolute atomic E-state index is 17.3. The second-order valence-electron chi connectivity index (χ2n) is 23.4. The van der Waals surface area contributed by atoms with Crippen molar-refractivity contribution in [3.8, 4) is 23.0 Å². The van der Waals surface area contributed by atoms with Crippen molar-refractivity contribution in [2.45, 2.75) is 126 Å². The van der Waals surface area contributed by atoms with Crippen molar-refractivity contribution < 1.29 is 38.5 Å². The van der Waals surface area contributed by atoms with Gasteiger partial charge in [-0.3, -0.25) is 33.9 Å². The Bertz CT molecular complexity index is 3380. The number of pyridine rings is 1. The monoisotopic (exact) mass is 1070 g/mol. The normalized spacial score (nSPS) is 24.9. The van der Waals surface area contributed by atoms with E-state index in [1.807, 2.05) is 41.0 Å².